The third-order valence-corrected chi connectivity index (χ3v) is 2.76. The molecular weight excluding hydrogens is 220 g/mol. The molecule has 0 N–H and O–H groups in total. The van der Waals surface area contributed by atoms with Crippen molar-refractivity contribution in [2.75, 3.05) is 0 Å². The minimum Gasteiger partial charge on any atom is -0.262 e. The first kappa shape index (κ1) is 11.1. The molecule has 2 aromatic rings. The van der Waals surface area contributed by atoms with Gasteiger partial charge in [0, 0.05) is 23.7 Å². The molecule has 2 heterocycles. The lowest BCUT2D eigenvalue weighted by atomic mass is 10.1. The van der Waals surface area contributed by atoms with Crippen molar-refractivity contribution < 1.29 is 0 Å². The third kappa shape index (κ3) is 2.22. The molecule has 0 aromatic carbocycles. The molecule has 82 valence electrons. The summed E-state index contributed by atoms with van der Waals surface area (Å²) in [5.41, 5.74) is 3.96. The van der Waals surface area contributed by atoms with E-state index in [1.165, 1.54) is 0 Å². The van der Waals surface area contributed by atoms with Crippen molar-refractivity contribution in [3.05, 3.63) is 46.9 Å². The van der Waals surface area contributed by atoms with Crippen molar-refractivity contribution in [2.24, 2.45) is 0 Å². The van der Waals surface area contributed by atoms with Gasteiger partial charge in [0.2, 0.25) is 0 Å². The second kappa shape index (κ2) is 4.62. The maximum absolute atomic E-state index is 6.21. The predicted molar refractivity (Wildman–Crippen MR) is 66.6 cm³/mol. The molecule has 2 rings (SSSR count). The van der Waals surface area contributed by atoms with Gasteiger partial charge in [0.05, 0.1) is 10.7 Å². The zero-order chi connectivity index (χ0) is 11.5. The highest BCUT2D eigenvalue weighted by Gasteiger charge is 2.06. The van der Waals surface area contributed by atoms with E-state index in [1.54, 1.807) is 6.20 Å². The largest absolute Gasteiger partial charge is 0.262 e. The van der Waals surface area contributed by atoms with Crippen molar-refractivity contribution in [3.8, 4) is 11.3 Å². The Kier molecular flexibility index (Phi) is 3.20. The lowest BCUT2D eigenvalue weighted by molar-refractivity contribution is 1.10. The number of hydrogen-bond donors (Lipinski definition) is 0. The monoisotopic (exact) mass is 232 g/mol. The summed E-state index contributed by atoms with van der Waals surface area (Å²) < 4.78 is 0. The highest BCUT2D eigenvalue weighted by Crippen LogP contribution is 2.26. The standard InChI is InChI=1S/C13H13ClN2/c1-3-10-7-12(14)13(16-8-10)11-4-5-15-9(2)6-11/h4-8H,3H2,1-2H3. The van der Waals surface area contributed by atoms with Crippen molar-refractivity contribution >= 4 is 11.6 Å². The maximum atomic E-state index is 6.21. The van der Waals surface area contributed by atoms with Crippen LogP contribution in [-0.2, 0) is 6.42 Å². The fourth-order valence-electron chi connectivity index (χ4n) is 1.58. The molecule has 0 saturated heterocycles. The van der Waals surface area contributed by atoms with Crippen LogP contribution in [0.25, 0.3) is 11.3 Å². The predicted octanol–water partition coefficient (Wildman–Crippen LogP) is 3.67. The van der Waals surface area contributed by atoms with Crippen molar-refractivity contribution in [3.63, 3.8) is 0 Å². The lowest BCUT2D eigenvalue weighted by Gasteiger charge is -2.05. The molecule has 0 aliphatic carbocycles. The van der Waals surface area contributed by atoms with E-state index in [0.29, 0.717) is 5.02 Å². The summed E-state index contributed by atoms with van der Waals surface area (Å²) >= 11 is 6.21. The zero-order valence-corrected chi connectivity index (χ0v) is 10.1. The molecule has 0 amide bonds. The van der Waals surface area contributed by atoms with Gasteiger partial charge in [0.1, 0.15) is 0 Å². The summed E-state index contributed by atoms with van der Waals surface area (Å²) in [5.74, 6) is 0. The van der Waals surface area contributed by atoms with E-state index in [0.717, 1.165) is 28.9 Å². The van der Waals surface area contributed by atoms with Crippen LogP contribution in [-0.4, -0.2) is 9.97 Å². The van der Waals surface area contributed by atoms with Gasteiger partial charge >= 0.3 is 0 Å². The van der Waals surface area contributed by atoms with Gasteiger partial charge in [0.15, 0.2) is 0 Å². The molecule has 0 bridgehead atoms. The van der Waals surface area contributed by atoms with E-state index < -0.39 is 0 Å². The van der Waals surface area contributed by atoms with Crippen molar-refractivity contribution in [1.82, 2.24) is 9.97 Å². The molecule has 0 aliphatic rings. The van der Waals surface area contributed by atoms with Crippen LogP contribution in [0.3, 0.4) is 0 Å². The van der Waals surface area contributed by atoms with Crippen LogP contribution >= 0.6 is 11.6 Å². The third-order valence-electron chi connectivity index (χ3n) is 2.48. The van der Waals surface area contributed by atoms with Gasteiger partial charge in [-0.15, -0.1) is 0 Å². The van der Waals surface area contributed by atoms with Gasteiger partial charge in [-0.05, 0) is 37.1 Å². The minimum atomic E-state index is 0.699. The SMILES string of the molecule is CCc1cnc(-c2ccnc(C)c2)c(Cl)c1. The maximum Gasteiger partial charge on any atom is 0.0889 e. The van der Waals surface area contributed by atoms with Crippen LogP contribution in [0, 0.1) is 6.92 Å². The minimum absolute atomic E-state index is 0.699. The summed E-state index contributed by atoms with van der Waals surface area (Å²) in [4.78, 5) is 8.56. The summed E-state index contributed by atoms with van der Waals surface area (Å²) in [6.07, 6.45) is 4.59. The Balaban J connectivity index is 2.48. The van der Waals surface area contributed by atoms with E-state index in [4.69, 9.17) is 11.6 Å². The van der Waals surface area contributed by atoms with Gasteiger partial charge in [-0.2, -0.15) is 0 Å². The number of rotatable bonds is 2. The molecule has 3 heteroatoms. The Morgan fingerprint density at radius 2 is 2.06 bits per heavy atom. The molecule has 2 nitrogen and oxygen atoms in total. The number of nitrogens with zero attached hydrogens (tertiary/aromatic N) is 2. The van der Waals surface area contributed by atoms with Gasteiger partial charge in [0.25, 0.3) is 0 Å². The Morgan fingerprint density at radius 1 is 1.25 bits per heavy atom. The number of aromatic nitrogens is 2. The second-order valence-electron chi connectivity index (χ2n) is 3.71. The molecular formula is C13H13ClN2. The Labute approximate surface area is 100 Å². The molecule has 0 saturated carbocycles. The average molecular weight is 233 g/mol. The first-order valence-electron chi connectivity index (χ1n) is 5.28. The summed E-state index contributed by atoms with van der Waals surface area (Å²) in [5, 5.41) is 0.699. The quantitative estimate of drug-likeness (QED) is 0.790. The smallest absolute Gasteiger partial charge is 0.0889 e. The number of halogens is 1. The molecule has 0 unspecified atom stereocenters. The number of hydrogen-bond acceptors (Lipinski definition) is 2. The fourth-order valence-corrected chi connectivity index (χ4v) is 1.87. The molecule has 0 spiro atoms. The second-order valence-corrected chi connectivity index (χ2v) is 4.12. The highest BCUT2D eigenvalue weighted by molar-refractivity contribution is 6.33. The number of pyridine rings is 2. The summed E-state index contributed by atoms with van der Waals surface area (Å²) in [6.45, 7) is 4.04. The first-order valence-corrected chi connectivity index (χ1v) is 5.66. The average Bonchev–Trinajstić information content (AvgIpc) is 2.28. The van der Waals surface area contributed by atoms with Crippen LogP contribution in [0.2, 0.25) is 5.02 Å². The Bertz CT molecular complexity index is 509. The molecule has 2 aromatic heterocycles. The normalized spacial score (nSPS) is 10.4. The van der Waals surface area contributed by atoms with E-state index >= 15 is 0 Å². The van der Waals surface area contributed by atoms with E-state index in [9.17, 15) is 0 Å². The van der Waals surface area contributed by atoms with Crippen LogP contribution in [0.5, 0.6) is 0 Å². The Hall–Kier alpha value is -1.41. The van der Waals surface area contributed by atoms with Crippen LogP contribution in [0.1, 0.15) is 18.2 Å². The van der Waals surface area contributed by atoms with Crippen LogP contribution in [0.4, 0.5) is 0 Å². The van der Waals surface area contributed by atoms with Crippen molar-refractivity contribution in [2.45, 2.75) is 20.3 Å². The molecule has 0 fully saturated rings. The van der Waals surface area contributed by atoms with Crippen LogP contribution in [0.15, 0.2) is 30.6 Å². The van der Waals surface area contributed by atoms with Gasteiger partial charge in [-0.1, -0.05) is 18.5 Å². The molecule has 0 aliphatic heterocycles. The molecule has 0 atom stereocenters. The zero-order valence-electron chi connectivity index (χ0n) is 9.37. The number of aryl methyl sites for hydroxylation is 2. The topological polar surface area (TPSA) is 25.8 Å². The van der Waals surface area contributed by atoms with Gasteiger partial charge in [-0.3, -0.25) is 9.97 Å². The van der Waals surface area contributed by atoms with Gasteiger partial charge in [-0.25, -0.2) is 0 Å². The fraction of sp³-hybridized carbons (Fsp3) is 0.231. The first-order chi connectivity index (χ1) is 7.70. The summed E-state index contributed by atoms with van der Waals surface area (Å²) in [6, 6.07) is 5.88. The van der Waals surface area contributed by atoms with E-state index in [2.05, 4.69) is 16.9 Å². The van der Waals surface area contributed by atoms with E-state index in [-0.39, 0.29) is 0 Å². The van der Waals surface area contributed by atoms with Gasteiger partial charge < -0.3 is 0 Å². The van der Waals surface area contributed by atoms with Crippen molar-refractivity contribution in [1.29, 1.82) is 0 Å². The lowest BCUT2D eigenvalue weighted by Crippen LogP contribution is -1.90. The van der Waals surface area contributed by atoms with E-state index in [1.807, 2.05) is 31.3 Å². The molecule has 16 heavy (non-hydrogen) atoms. The highest BCUT2D eigenvalue weighted by atomic mass is 35.5. The molecule has 0 radical (unpaired) electrons. The Morgan fingerprint density at radius 3 is 2.69 bits per heavy atom. The summed E-state index contributed by atoms with van der Waals surface area (Å²) in [7, 11) is 0. The van der Waals surface area contributed by atoms with Crippen LogP contribution < -0.4 is 0 Å².